The van der Waals surface area contributed by atoms with Crippen molar-refractivity contribution >= 4 is 5.91 Å². The Morgan fingerprint density at radius 2 is 2.11 bits per heavy atom. The molecule has 0 saturated heterocycles. The molecule has 2 heteroatoms. The van der Waals surface area contributed by atoms with Crippen molar-refractivity contribution in [2.45, 2.75) is 33.6 Å². The molecule has 1 N–H and O–H groups in total. The van der Waals surface area contributed by atoms with Gasteiger partial charge >= 0.3 is 0 Å². The molecule has 0 radical (unpaired) electrons. The maximum Gasteiger partial charge on any atom is 0.219 e. The summed E-state index contributed by atoms with van der Waals surface area (Å²) in [5.74, 6) is 0.145. The van der Waals surface area contributed by atoms with E-state index in [1.54, 1.807) is 7.05 Å². The predicted octanol–water partition coefficient (Wildman–Crippen LogP) is 1.56. The Hall–Kier alpha value is -0.530. The number of nitrogens with one attached hydrogen (secondary N) is 1. The standard InChI is InChI=1S/C6H13NO.CH4/c1-3-4-5-6(8)7-2;/h3-5H2,1-2H3,(H,7,8);1H4. The van der Waals surface area contributed by atoms with Crippen LogP contribution in [0.5, 0.6) is 0 Å². The van der Waals surface area contributed by atoms with Gasteiger partial charge in [-0.15, -0.1) is 0 Å². The maximum atomic E-state index is 10.5. The zero-order valence-corrected chi connectivity index (χ0v) is 5.53. The second-order valence-electron chi connectivity index (χ2n) is 1.78. The fourth-order valence-electron chi connectivity index (χ4n) is 0.462. The van der Waals surface area contributed by atoms with Gasteiger partial charge in [0.2, 0.25) is 5.91 Å². The molecule has 9 heavy (non-hydrogen) atoms. The topological polar surface area (TPSA) is 29.1 Å². The van der Waals surface area contributed by atoms with Crippen molar-refractivity contribution in [2.75, 3.05) is 7.05 Å². The van der Waals surface area contributed by atoms with Crippen molar-refractivity contribution in [1.29, 1.82) is 0 Å². The highest BCUT2D eigenvalue weighted by Gasteiger charge is 1.92. The third kappa shape index (κ3) is 7.47. The Morgan fingerprint density at radius 3 is 2.44 bits per heavy atom. The van der Waals surface area contributed by atoms with E-state index in [1.807, 2.05) is 0 Å². The zero-order chi connectivity index (χ0) is 6.41. The van der Waals surface area contributed by atoms with Crippen LogP contribution in [0, 0.1) is 0 Å². The van der Waals surface area contributed by atoms with Crippen LogP contribution in [-0.4, -0.2) is 13.0 Å². The van der Waals surface area contributed by atoms with Crippen LogP contribution in [0.15, 0.2) is 0 Å². The monoisotopic (exact) mass is 131 g/mol. The van der Waals surface area contributed by atoms with Gasteiger partial charge in [-0.2, -0.15) is 0 Å². The molecule has 0 aromatic rings. The minimum atomic E-state index is 0. The van der Waals surface area contributed by atoms with Gasteiger partial charge in [-0.05, 0) is 6.42 Å². The number of amides is 1. The molecule has 0 aliphatic carbocycles. The summed E-state index contributed by atoms with van der Waals surface area (Å²) in [7, 11) is 1.66. The maximum absolute atomic E-state index is 10.5. The van der Waals surface area contributed by atoms with Crippen LogP contribution in [0.4, 0.5) is 0 Å². The van der Waals surface area contributed by atoms with E-state index in [9.17, 15) is 4.79 Å². The second-order valence-corrected chi connectivity index (χ2v) is 1.78. The third-order valence-electron chi connectivity index (χ3n) is 1.04. The van der Waals surface area contributed by atoms with Gasteiger partial charge in [-0.25, -0.2) is 0 Å². The molecule has 0 aromatic heterocycles. The Kier molecular flexibility index (Phi) is 9.37. The molecule has 0 atom stereocenters. The molecule has 0 rings (SSSR count). The number of unbranched alkanes of at least 4 members (excludes halogenated alkanes) is 1. The molecule has 56 valence electrons. The van der Waals surface area contributed by atoms with E-state index in [4.69, 9.17) is 0 Å². The van der Waals surface area contributed by atoms with Crippen LogP contribution >= 0.6 is 0 Å². The van der Waals surface area contributed by atoms with Gasteiger partial charge in [-0.3, -0.25) is 4.79 Å². The molecule has 0 saturated carbocycles. The first-order chi connectivity index (χ1) is 3.81. The number of hydrogen-bond acceptors (Lipinski definition) is 1. The van der Waals surface area contributed by atoms with Gasteiger partial charge in [0.1, 0.15) is 0 Å². The Balaban J connectivity index is 0. The van der Waals surface area contributed by atoms with Crippen LogP contribution in [0.3, 0.4) is 0 Å². The van der Waals surface area contributed by atoms with Gasteiger partial charge in [0, 0.05) is 13.5 Å². The summed E-state index contributed by atoms with van der Waals surface area (Å²) in [6.07, 6.45) is 2.76. The third-order valence-corrected chi connectivity index (χ3v) is 1.04. The Morgan fingerprint density at radius 1 is 1.56 bits per heavy atom. The molecule has 0 heterocycles. The molecular weight excluding hydrogens is 114 g/mol. The van der Waals surface area contributed by atoms with Crippen LogP contribution in [0.2, 0.25) is 0 Å². The first-order valence-electron chi connectivity index (χ1n) is 3.01. The van der Waals surface area contributed by atoms with Gasteiger partial charge in [0.05, 0.1) is 0 Å². The molecule has 0 bridgehead atoms. The summed E-state index contributed by atoms with van der Waals surface area (Å²) in [4.78, 5) is 10.5. The lowest BCUT2D eigenvalue weighted by Crippen LogP contribution is -2.16. The number of hydrogen-bond donors (Lipinski definition) is 1. The smallest absolute Gasteiger partial charge is 0.219 e. The van der Waals surface area contributed by atoms with E-state index in [0.29, 0.717) is 6.42 Å². The van der Waals surface area contributed by atoms with Gasteiger partial charge in [0.15, 0.2) is 0 Å². The molecule has 0 aliphatic rings. The molecular formula is C7H17NO. The van der Waals surface area contributed by atoms with Gasteiger partial charge in [0.25, 0.3) is 0 Å². The summed E-state index contributed by atoms with van der Waals surface area (Å²) in [6.45, 7) is 2.07. The van der Waals surface area contributed by atoms with Crippen molar-refractivity contribution in [3.05, 3.63) is 0 Å². The lowest BCUT2D eigenvalue weighted by Gasteiger charge is -1.94. The van der Waals surface area contributed by atoms with Crippen molar-refractivity contribution < 1.29 is 4.79 Å². The average Bonchev–Trinajstić information content (AvgIpc) is 1.83. The van der Waals surface area contributed by atoms with E-state index in [1.165, 1.54) is 0 Å². The summed E-state index contributed by atoms with van der Waals surface area (Å²) in [5.41, 5.74) is 0. The second kappa shape index (κ2) is 7.47. The quantitative estimate of drug-likeness (QED) is 0.618. The highest BCUT2D eigenvalue weighted by molar-refractivity contribution is 5.75. The molecule has 0 spiro atoms. The van der Waals surface area contributed by atoms with E-state index < -0.39 is 0 Å². The van der Waals surface area contributed by atoms with E-state index >= 15 is 0 Å². The summed E-state index contributed by atoms with van der Waals surface area (Å²) < 4.78 is 0. The molecule has 0 fully saturated rings. The minimum absolute atomic E-state index is 0. The molecule has 1 amide bonds. The highest BCUT2D eigenvalue weighted by Crippen LogP contribution is 1.91. The fourth-order valence-corrected chi connectivity index (χ4v) is 0.462. The highest BCUT2D eigenvalue weighted by atomic mass is 16.1. The first kappa shape index (κ1) is 11.3. The lowest BCUT2D eigenvalue weighted by atomic mass is 10.2. The molecule has 0 aliphatic heterocycles. The van der Waals surface area contributed by atoms with Crippen LogP contribution < -0.4 is 5.32 Å². The minimum Gasteiger partial charge on any atom is -0.359 e. The van der Waals surface area contributed by atoms with Crippen molar-refractivity contribution in [2.24, 2.45) is 0 Å². The zero-order valence-electron chi connectivity index (χ0n) is 5.53. The SMILES string of the molecule is C.CCCCC(=O)NC. The number of carbonyl (C=O) groups is 1. The average molecular weight is 131 g/mol. The van der Waals surface area contributed by atoms with E-state index in [2.05, 4.69) is 12.2 Å². The van der Waals surface area contributed by atoms with Crippen LogP contribution in [-0.2, 0) is 4.79 Å². The van der Waals surface area contributed by atoms with Crippen molar-refractivity contribution in [3.63, 3.8) is 0 Å². The van der Waals surface area contributed by atoms with Gasteiger partial charge < -0.3 is 5.32 Å². The van der Waals surface area contributed by atoms with Gasteiger partial charge in [-0.1, -0.05) is 20.8 Å². The molecule has 0 unspecified atom stereocenters. The van der Waals surface area contributed by atoms with Crippen LogP contribution in [0.1, 0.15) is 33.6 Å². The fraction of sp³-hybridized carbons (Fsp3) is 0.857. The number of rotatable bonds is 3. The first-order valence-corrected chi connectivity index (χ1v) is 3.01. The van der Waals surface area contributed by atoms with E-state index in [0.717, 1.165) is 12.8 Å². The summed E-state index contributed by atoms with van der Waals surface area (Å²) in [5, 5.41) is 2.56. The van der Waals surface area contributed by atoms with E-state index in [-0.39, 0.29) is 13.3 Å². The summed E-state index contributed by atoms with van der Waals surface area (Å²) in [6, 6.07) is 0. The number of carbonyl (C=O) groups excluding carboxylic acids is 1. The Bertz CT molecular complexity index is 71.3. The Labute approximate surface area is 57.6 Å². The summed E-state index contributed by atoms with van der Waals surface area (Å²) >= 11 is 0. The predicted molar refractivity (Wildman–Crippen MR) is 40.3 cm³/mol. The molecule has 2 nitrogen and oxygen atoms in total. The lowest BCUT2D eigenvalue weighted by molar-refractivity contribution is -0.120. The van der Waals surface area contributed by atoms with Crippen molar-refractivity contribution in [1.82, 2.24) is 5.32 Å². The molecule has 0 aromatic carbocycles. The van der Waals surface area contributed by atoms with Crippen molar-refractivity contribution in [3.8, 4) is 0 Å². The largest absolute Gasteiger partial charge is 0.359 e. The van der Waals surface area contributed by atoms with Crippen LogP contribution in [0.25, 0.3) is 0 Å². The normalized spacial score (nSPS) is 7.78.